The lowest BCUT2D eigenvalue weighted by molar-refractivity contribution is 0.0531. The largest absolute Gasteiger partial charge is 0.462 e. The molecule has 0 saturated heterocycles. The second-order valence-electron chi connectivity index (χ2n) is 6.19. The summed E-state index contributed by atoms with van der Waals surface area (Å²) in [5.41, 5.74) is 6.83. The van der Waals surface area contributed by atoms with Crippen LogP contribution in [0, 0.1) is 17.2 Å². The van der Waals surface area contributed by atoms with E-state index in [9.17, 15) is 10.1 Å². The molecule has 2 heterocycles. The molecule has 0 aliphatic heterocycles. The normalized spacial score (nSPS) is 14.5. The van der Waals surface area contributed by atoms with Gasteiger partial charge in [-0.05, 0) is 12.8 Å². The van der Waals surface area contributed by atoms with Gasteiger partial charge in [0.1, 0.15) is 21.8 Å². The molecule has 9 heteroatoms. The predicted molar refractivity (Wildman–Crippen MR) is 101 cm³/mol. The Morgan fingerprint density at radius 2 is 2.27 bits per heavy atom. The number of H-pyrrole nitrogens is 1. The van der Waals surface area contributed by atoms with Crippen molar-refractivity contribution in [2.24, 2.45) is 5.92 Å². The maximum atomic E-state index is 12.1. The summed E-state index contributed by atoms with van der Waals surface area (Å²) in [6.07, 6.45) is 6.04. The van der Waals surface area contributed by atoms with E-state index in [4.69, 9.17) is 10.5 Å². The van der Waals surface area contributed by atoms with Crippen LogP contribution in [0.5, 0.6) is 0 Å². The molecule has 138 valence electrons. The van der Waals surface area contributed by atoms with Crippen molar-refractivity contribution >= 4 is 34.1 Å². The number of thioether (sulfide) groups is 1. The van der Waals surface area contributed by atoms with Crippen LogP contribution in [0.1, 0.15) is 59.2 Å². The standard InChI is InChI=1S/C17H21N5O2S2/c1-2-24-16(23)14-12(11(8-18)15(19)26-14)9-25-17-20-13(21-22-17)7-10-5-3-4-6-10/h10H,2-7,9,19H2,1H3,(H,20,21,22). The molecule has 3 rings (SSSR count). The molecule has 1 aliphatic rings. The average Bonchev–Trinajstić information content (AvgIpc) is 3.34. The molecule has 3 N–H and O–H groups in total. The predicted octanol–water partition coefficient (Wildman–Crippen LogP) is 3.52. The summed E-state index contributed by atoms with van der Waals surface area (Å²) in [7, 11) is 0. The minimum Gasteiger partial charge on any atom is -0.462 e. The quantitative estimate of drug-likeness (QED) is 0.547. The van der Waals surface area contributed by atoms with Crippen molar-refractivity contribution in [3.8, 4) is 6.07 Å². The van der Waals surface area contributed by atoms with E-state index >= 15 is 0 Å². The third-order valence-corrected chi connectivity index (χ3v) is 6.34. The van der Waals surface area contributed by atoms with Crippen LogP contribution in [-0.2, 0) is 16.9 Å². The minimum atomic E-state index is -0.446. The van der Waals surface area contributed by atoms with Gasteiger partial charge < -0.3 is 10.5 Å². The van der Waals surface area contributed by atoms with Crippen molar-refractivity contribution in [2.45, 2.75) is 49.9 Å². The second kappa shape index (κ2) is 8.56. The maximum absolute atomic E-state index is 12.1. The zero-order valence-electron chi connectivity index (χ0n) is 14.6. The number of esters is 1. The van der Waals surface area contributed by atoms with Crippen molar-refractivity contribution < 1.29 is 9.53 Å². The van der Waals surface area contributed by atoms with E-state index in [0.29, 0.717) is 37.8 Å². The van der Waals surface area contributed by atoms with Gasteiger partial charge in [0.2, 0.25) is 5.16 Å². The molecule has 7 nitrogen and oxygen atoms in total. The smallest absolute Gasteiger partial charge is 0.348 e. The van der Waals surface area contributed by atoms with Crippen LogP contribution in [0.4, 0.5) is 5.00 Å². The van der Waals surface area contributed by atoms with Gasteiger partial charge in [-0.2, -0.15) is 5.26 Å². The first-order chi connectivity index (χ1) is 12.6. The number of nitrogens with zero attached hydrogens (tertiary/aromatic N) is 3. The van der Waals surface area contributed by atoms with Gasteiger partial charge in [-0.15, -0.1) is 16.4 Å². The highest BCUT2D eigenvalue weighted by Gasteiger charge is 2.23. The lowest BCUT2D eigenvalue weighted by Gasteiger charge is -2.04. The fourth-order valence-corrected chi connectivity index (χ4v) is 5.03. The Hall–Kier alpha value is -2.05. The lowest BCUT2D eigenvalue weighted by atomic mass is 10.0. The van der Waals surface area contributed by atoms with Crippen molar-refractivity contribution in [3.05, 3.63) is 21.8 Å². The molecule has 0 amide bonds. The molecular formula is C17H21N5O2S2. The summed E-state index contributed by atoms with van der Waals surface area (Å²) in [5.74, 6) is 1.54. The first-order valence-corrected chi connectivity index (χ1v) is 10.4. The molecule has 2 aromatic rings. The number of nitrogen functional groups attached to an aromatic ring is 1. The van der Waals surface area contributed by atoms with Crippen LogP contribution >= 0.6 is 23.1 Å². The molecule has 1 saturated carbocycles. The molecule has 26 heavy (non-hydrogen) atoms. The molecule has 1 fully saturated rings. The Kier molecular flexibility index (Phi) is 6.16. The number of nitriles is 1. The van der Waals surface area contributed by atoms with Crippen molar-refractivity contribution in [1.29, 1.82) is 5.26 Å². The molecule has 0 spiro atoms. The highest BCUT2D eigenvalue weighted by Crippen LogP contribution is 2.35. The topological polar surface area (TPSA) is 118 Å². The summed E-state index contributed by atoms with van der Waals surface area (Å²) in [4.78, 5) is 17.0. The maximum Gasteiger partial charge on any atom is 0.348 e. The fraction of sp³-hybridized carbons (Fsp3) is 0.529. The van der Waals surface area contributed by atoms with E-state index in [2.05, 4.69) is 21.3 Å². The van der Waals surface area contributed by atoms with E-state index in [1.807, 2.05) is 0 Å². The highest BCUT2D eigenvalue weighted by atomic mass is 32.2. The summed E-state index contributed by atoms with van der Waals surface area (Å²) < 4.78 is 5.07. The third-order valence-electron chi connectivity index (χ3n) is 4.42. The number of anilines is 1. The Morgan fingerprint density at radius 1 is 1.50 bits per heavy atom. The second-order valence-corrected chi connectivity index (χ2v) is 8.18. The third kappa shape index (κ3) is 4.19. The van der Waals surface area contributed by atoms with Crippen molar-refractivity contribution in [1.82, 2.24) is 15.2 Å². The Morgan fingerprint density at radius 3 is 2.96 bits per heavy atom. The minimum absolute atomic E-state index is 0.274. The van der Waals surface area contributed by atoms with E-state index < -0.39 is 5.97 Å². The van der Waals surface area contributed by atoms with Gasteiger partial charge in [-0.1, -0.05) is 37.4 Å². The Bertz CT molecular complexity index is 818. The van der Waals surface area contributed by atoms with Gasteiger partial charge in [-0.25, -0.2) is 9.78 Å². The number of thiophene rings is 1. The fourth-order valence-electron chi connectivity index (χ4n) is 3.16. The number of nitrogens with one attached hydrogen (secondary N) is 1. The number of nitrogens with two attached hydrogens (primary N) is 1. The van der Waals surface area contributed by atoms with Crippen LogP contribution in [0.3, 0.4) is 0 Å². The van der Waals surface area contributed by atoms with Gasteiger partial charge in [0, 0.05) is 17.7 Å². The number of ether oxygens (including phenoxy) is 1. The Balaban J connectivity index is 1.70. The number of aromatic nitrogens is 3. The van der Waals surface area contributed by atoms with E-state index in [1.165, 1.54) is 37.4 Å². The summed E-state index contributed by atoms with van der Waals surface area (Å²) in [6.45, 7) is 2.02. The zero-order chi connectivity index (χ0) is 18.5. The van der Waals surface area contributed by atoms with Gasteiger partial charge in [0.25, 0.3) is 0 Å². The molecule has 0 atom stereocenters. The van der Waals surface area contributed by atoms with Crippen LogP contribution in [0.15, 0.2) is 5.16 Å². The molecule has 0 aromatic carbocycles. The van der Waals surface area contributed by atoms with Gasteiger partial charge in [-0.3, -0.25) is 5.10 Å². The molecule has 0 unspecified atom stereocenters. The van der Waals surface area contributed by atoms with E-state index in [0.717, 1.165) is 23.6 Å². The molecule has 0 radical (unpaired) electrons. The monoisotopic (exact) mass is 391 g/mol. The van der Waals surface area contributed by atoms with Gasteiger partial charge in [0.05, 0.1) is 12.2 Å². The summed E-state index contributed by atoms with van der Waals surface area (Å²) in [5, 5.41) is 17.6. The molecular weight excluding hydrogens is 370 g/mol. The number of aromatic amines is 1. The first-order valence-electron chi connectivity index (χ1n) is 8.64. The lowest BCUT2D eigenvalue weighted by Crippen LogP contribution is -2.05. The Labute approximate surface area is 160 Å². The first kappa shape index (κ1) is 18.7. The van der Waals surface area contributed by atoms with Crippen molar-refractivity contribution in [3.63, 3.8) is 0 Å². The van der Waals surface area contributed by atoms with Crippen molar-refractivity contribution in [2.75, 3.05) is 12.3 Å². The summed E-state index contributed by atoms with van der Waals surface area (Å²) in [6, 6.07) is 2.09. The van der Waals surface area contributed by atoms with Gasteiger partial charge >= 0.3 is 5.97 Å². The number of carbonyl (C=O) groups is 1. The van der Waals surface area contributed by atoms with Crippen LogP contribution < -0.4 is 5.73 Å². The van der Waals surface area contributed by atoms with E-state index in [1.54, 1.807) is 6.92 Å². The van der Waals surface area contributed by atoms with Crippen LogP contribution in [0.2, 0.25) is 0 Å². The number of hydrogen-bond donors (Lipinski definition) is 2. The SMILES string of the molecule is CCOC(=O)c1sc(N)c(C#N)c1CSc1n[nH]c(CC2CCCC2)n1. The molecule has 2 aromatic heterocycles. The molecule has 1 aliphatic carbocycles. The van der Waals surface area contributed by atoms with Crippen LogP contribution in [0.25, 0.3) is 0 Å². The number of carbonyl (C=O) groups excluding carboxylic acids is 1. The summed E-state index contributed by atoms with van der Waals surface area (Å²) >= 11 is 2.48. The zero-order valence-corrected chi connectivity index (χ0v) is 16.2. The van der Waals surface area contributed by atoms with E-state index in [-0.39, 0.29) is 6.61 Å². The average molecular weight is 392 g/mol. The van der Waals surface area contributed by atoms with Crippen LogP contribution in [-0.4, -0.2) is 27.8 Å². The molecule has 0 bridgehead atoms. The highest BCUT2D eigenvalue weighted by molar-refractivity contribution is 7.98. The van der Waals surface area contributed by atoms with Gasteiger partial charge in [0.15, 0.2) is 0 Å². The number of rotatable bonds is 7. The number of hydrogen-bond acceptors (Lipinski definition) is 8.